The summed E-state index contributed by atoms with van der Waals surface area (Å²) in [5, 5.41) is 9.18. The number of nitrogens with zero attached hydrogens (tertiary/aromatic N) is 2. The lowest BCUT2D eigenvalue weighted by atomic mass is 10.1. The van der Waals surface area contributed by atoms with Gasteiger partial charge in [0, 0.05) is 24.1 Å². The summed E-state index contributed by atoms with van der Waals surface area (Å²) < 4.78 is 5.38. The number of aromatic nitrogens is 1. The normalized spacial score (nSPS) is 13.6. The molecular weight excluding hydrogens is 332 g/mol. The minimum absolute atomic E-state index is 0.184. The van der Waals surface area contributed by atoms with Gasteiger partial charge in [-0.2, -0.15) is 0 Å². The topological polar surface area (TPSA) is 87.5 Å². The maximum absolute atomic E-state index is 11.8. The number of benzene rings is 1. The number of rotatable bonds is 8. The van der Waals surface area contributed by atoms with Crippen LogP contribution in [0.5, 0.6) is 0 Å². The molecule has 0 spiro atoms. The SMILES string of the molecule is CN(CCCc1cc(-c2ccccc2)no1)CC(=O)NC(=O)NC1CC1. The van der Waals surface area contributed by atoms with Crippen molar-refractivity contribution in [2.75, 3.05) is 20.1 Å². The minimum Gasteiger partial charge on any atom is -0.361 e. The van der Waals surface area contributed by atoms with Crippen LogP contribution in [0.25, 0.3) is 11.3 Å². The number of carbonyl (C=O) groups is 2. The van der Waals surface area contributed by atoms with E-state index < -0.39 is 6.03 Å². The quantitative estimate of drug-likeness (QED) is 0.757. The highest BCUT2D eigenvalue weighted by atomic mass is 16.5. The van der Waals surface area contributed by atoms with Crippen LogP contribution in [-0.2, 0) is 11.2 Å². The number of hydrogen-bond donors (Lipinski definition) is 2. The highest BCUT2D eigenvalue weighted by molar-refractivity contribution is 5.95. The standard InChI is InChI=1S/C19H24N4O3/c1-23(13-18(24)21-19(25)20-15-9-10-15)11-5-8-16-12-17(22-26-16)14-6-3-2-4-7-14/h2-4,6-7,12,15H,5,8-11,13H2,1H3,(H2,20,21,24,25). The molecule has 0 saturated heterocycles. The highest BCUT2D eigenvalue weighted by Gasteiger charge is 2.24. The Morgan fingerprint density at radius 1 is 1.27 bits per heavy atom. The van der Waals surface area contributed by atoms with E-state index in [-0.39, 0.29) is 18.5 Å². The number of hydrogen-bond acceptors (Lipinski definition) is 5. The first-order valence-corrected chi connectivity index (χ1v) is 8.90. The Balaban J connectivity index is 1.35. The van der Waals surface area contributed by atoms with Crippen LogP contribution in [0.15, 0.2) is 40.9 Å². The molecule has 3 rings (SSSR count). The predicted octanol–water partition coefficient (Wildman–Crippen LogP) is 2.19. The van der Waals surface area contributed by atoms with Gasteiger partial charge in [-0.25, -0.2) is 4.79 Å². The van der Waals surface area contributed by atoms with Gasteiger partial charge >= 0.3 is 6.03 Å². The maximum Gasteiger partial charge on any atom is 0.321 e. The molecule has 7 nitrogen and oxygen atoms in total. The minimum atomic E-state index is -0.402. The molecule has 1 aliphatic rings. The fourth-order valence-corrected chi connectivity index (χ4v) is 2.64. The summed E-state index contributed by atoms with van der Waals surface area (Å²) in [6.45, 7) is 0.906. The Morgan fingerprint density at radius 3 is 2.77 bits per heavy atom. The van der Waals surface area contributed by atoms with Crippen LogP contribution in [-0.4, -0.2) is 48.2 Å². The average molecular weight is 356 g/mol. The van der Waals surface area contributed by atoms with Gasteiger partial charge in [-0.1, -0.05) is 35.5 Å². The van der Waals surface area contributed by atoms with E-state index in [4.69, 9.17) is 4.52 Å². The summed E-state index contributed by atoms with van der Waals surface area (Å²) in [6, 6.07) is 11.7. The number of likely N-dealkylation sites (N-methyl/N-ethyl adjacent to an activating group) is 1. The van der Waals surface area contributed by atoms with Crippen molar-refractivity contribution in [3.05, 3.63) is 42.2 Å². The molecule has 138 valence electrons. The van der Waals surface area contributed by atoms with Gasteiger partial charge in [0.25, 0.3) is 0 Å². The van der Waals surface area contributed by atoms with Crippen LogP contribution in [0.1, 0.15) is 25.0 Å². The lowest BCUT2D eigenvalue weighted by Crippen LogP contribution is -2.44. The van der Waals surface area contributed by atoms with Crippen molar-refractivity contribution < 1.29 is 14.1 Å². The first-order chi connectivity index (χ1) is 12.6. The smallest absolute Gasteiger partial charge is 0.321 e. The molecule has 2 N–H and O–H groups in total. The number of nitrogens with one attached hydrogen (secondary N) is 2. The summed E-state index contributed by atoms with van der Waals surface area (Å²) in [5.74, 6) is 0.530. The van der Waals surface area contributed by atoms with E-state index in [9.17, 15) is 9.59 Å². The Kier molecular flexibility index (Phi) is 6.01. The second kappa shape index (κ2) is 8.62. The van der Waals surface area contributed by atoms with E-state index in [1.165, 1.54) is 0 Å². The van der Waals surface area contributed by atoms with Gasteiger partial charge < -0.3 is 9.84 Å². The van der Waals surface area contributed by atoms with E-state index in [0.717, 1.165) is 49.2 Å². The molecule has 1 saturated carbocycles. The third kappa shape index (κ3) is 5.70. The largest absolute Gasteiger partial charge is 0.361 e. The second-order valence-electron chi connectivity index (χ2n) is 6.68. The third-order valence-electron chi connectivity index (χ3n) is 4.17. The first-order valence-electron chi connectivity index (χ1n) is 8.90. The third-order valence-corrected chi connectivity index (χ3v) is 4.17. The number of aryl methyl sites for hydroxylation is 1. The van der Waals surface area contributed by atoms with Crippen molar-refractivity contribution in [1.82, 2.24) is 20.7 Å². The molecule has 2 aromatic rings. The van der Waals surface area contributed by atoms with Crippen molar-refractivity contribution in [2.45, 2.75) is 31.7 Å². The molecular formula is C19H24N4O3. The zero-order valence-electron chi connectivity index (χ0n) is 14.9. The van der Waals surface area contributed by atoms with E-state index >= 15 is 0 Å². The van der Waals surface area contributed by atoms with Gasteiger partial charge in [0.2, 0.25) is 5.91 Å². The highest BCUT2D eigenvalue weighted by Crippen LogP contribution is 2.19. The lowest BCUT2D eigenvalue weighted by Gasteiger charge is -2.15. The van der Waals surface area contributed by atoms with E-state index in [1.807, 2.05) is 48.3 Å². The molecule has 26 heavy (non-hydrogen) atoms. The first kappa shape index (κ1) is 18.1. The molecule has 1 heterocycles. The Hall–Kier alpha value is -2.67. The van der Waals surface area contributed by atoms with Crippen molar-refractivity contribution >= 4 is 11.9 Å². The van der Waals surface area contributed by atoms with Crippen LogP contribution < -0.4 is 10.6 Å². The zero-order chi connectivity index (χ0) is 18.4. The van der Waals surface area contributed by atoms with Crippen LogP contribution in [0.4, 0.5) is 4.79 Å². The molecule has 0 aliphatic heterocycles. The Morgan fingerprint density at radius 2 is 2.04 bits per heavy atom. The van der Waals surface area contributed by atoms with Crippen LogP contribution in [0.3, 0.4) is 0 Å². The van der Waals surface area contributed by atoms with Crippen molar-refractivity contribution in [1.29, 1.82) is 0 Å². The van der Waals surface area contributed by atoms with Gasteiger partial charge in [-0.05, 0) is 32.9 Å². The summed E-state index contributed by atoms with van der Waals surface area (Å²) in [5.41, 5.74) is 1.86. The second-order valence-corrected chi connectivity index (χ2v) is 6.68. The molecule has 1 aromatic carbocycles. The van der Waals surface area contributed by atoms with E-state index in [2.05, 4.69) is 15.8 Å². The monoisotopic (exact) mass is 356 g/mol. The van der Waals surface area contributed by atoms with Gasteiger partial charge in [0.15, 0.2) is 0 Å². The van der Waals surface area contributed by atoms with Gasteiger partial charge in [0.05, 0.1) is 6.54 Å². The molecule has 0 unspecified atom stereocenters. The zero-order valence-corrected chi connectivity index (χ0v) is 14.9. The summed E-state index contributed by atoms with van der Waals surface area (Å²) in [6.07, 6.45) is 3.57. The van der Waals surface area contributed by atoms with Crippen molar-refractivity contribution in [2.24, 2.45) is 0 Å². The molecule has 3 amide bonds. The van der Waals surface area contributed by atoms with Crippen LogP contribution in [0, 0.1) is 0 Å². The molecule has 7 heteroatoms. The molecule has 1 fully saturated rings. The lowest BCUT2D eigenvalue weighted by molar-refractivity contribution is -0.120. The Labute approximate surface area is 152 Å². The average Bonchev–Trinajstić information content (AvgIpc) is 3.29. The predicted molar refractivity (Wildman–Crippen MR) is 97.5 cm³/mol. The molecule has 1 aliphatic carbocycles. The van der Waals surface area contributed by atoms with E-state index in [0.29, 0.717) is 0 Å². The number of amides is 3. The summed E-state index contributed by atoms with van der Waals surface area (Å²) >= 11 is 0. The summed E-state index contributed by atoms with van der Waals surface area (Å²) in [4.78, 5) is 25.2. The number of urea groups is 1. The van der Waals surface area contributed by atoms with Crippen molar-refractivity contribution in [3.63, 3.8) is 0 Å². The Bertz CT molecular complexity index is 740. The van der Waals surface area contributed by atoms with E-state index in [1.54, 1.807) is 0 Å². The molecule has 1 aromatic heterocycles. The number of imide groups is 1. The number of carbonyl (C=O) groups excluding carboxylic acids is 2. The summed E-state index contributed by atoms with van der Waals surface area (Å²) in [7, 11) is 1.86. The van der Waals surface area contributed by atoms with Gasteiger partial charge in [-0.15, -0.1) is 0 Å². The maximum atomic E-state index is 11.8. The molecule has 0 atom stereocenters. The fraction of sp³-hybridized carbons (Fsp3) is 0.421. The fourth-order valence-electron chi connectivity index (χ4n) is 2.64. The molecule has 0 radical (unpaired) electrons. The van der Waals surface area contributed by atoms with Gasteiger partial charge in [0.1, 0.15) is 11.5 Å². The van der Waals surface area contributed by atoms with Gasteiger partial charge in [-0.3, -0.25) is 15.0 Å². The van der Waals surface area contributed by atoms with Crippen LogP contribution >= 0.6 is 0 Å². The molecule has 0 bridgehead atoms. The van der Waals surface area contributed by atoms with Crippen LogP contribution in [0.2, 0.25) is 0 Å². The van der Waals surface area contributed by atoms with Crippen molar-refractivity contribution in [3.8, 4) is 11.3 Å².